The van der Waals surface area contributed by atoms with Gasteiger partial charge in [0.15, 0.2) is 0 Å². The van der Waals surface area contributed by atoms with Crippen LogP contribution in [0.1, 0.15) is 25.3 Å². The predicted molar refractivity (Wildman–Crippen MR) is 77.0 cm³/mol. The van der Waals surface area contributed by atoms with Crippen molar-refractivity contribution in [3.63, 3.8) is 0 Å². The maximum absolute atomic E-state index is 12.1. The Morgan fingerprint density at radius 3 is 2.33 bits per heavy atom. The van der Waals surface area contributed by atoms with Crippen LogP contribution in [0.5, 0.6) is 0 Å². The van der Waals surface area contributed by atoms with Crippen molar-refractivity contribution in [2.75, 3.05) is 6.54 Å². The van der Waals surface area contributed by atoms with Gasteiger partial charge in [-0.2, -0.15) is 0 Å². The lowest BCUT2D eigenvalue weighted by Crippen LogP contribution is -2.32. The van der Waals surface area contributed by atoms with Crippen LogP contribution in [-0.4, -0.2) is 12.5 Å². The second-order valence-electron chi connectivity index (χ2n) is 4.51. The van der Waals surface area contributed by atoms with E-state index in [2.05, 4.69) is 11.9 Å². The Bertz CT molecular complexity index is 426. The van der Waals surface area contributed by atoms with Crippen molar-refractivity contribution in [1.29, 1.82) is 0 Å². The van der Waals surface area contributed by atoms with Crippen LogP contribution >= 0.6 is 23.2 Å². The lowest BCUT2D eigenvalue weighted by molar-refractivity contribution is -0.123. The molecular formula is C14H17Cl2NO. The largest absolute Gasteiger partial charge is 0.351 e. The van der Waals surface area contributed by atoms with E-state index in [9.17, 15) is 4.79 Å². The van der Waals surface area contributed by atoms with E-state index in [4.69, 9.17) is 23.2 Å². The molecular weight excluding hydrogens is 269 g/mol. The summed E-state index contributed by atoms with van der Waals surface area (Å²) >= 11 is 11.5. The van der Waals surface area contributed by atoms with Crippen molar-refractivity contribution in [3.8, 4) is 0 Å². The Kier molecular flexibility index (Phi) is 5.70. The Morgan fingerprint density at radius 2 is 1.89 bits per heavy atom. The van der Waals surface area contributed by atoms with Crippen LogP contribution in [0.3, 0.4) is 0 Å². The van der Waals surface area contributed by atoms with Gasteiger partial charge in [-0.05, 0) is 23.6 Å². The molecule has 1 aromatic carbocycles. The number of nitrogens with one attached hydrogen (secondary N) is 1. The van der Waals surface area contributed by atoms with Crippen molar-refractivity contribution < 1.29 is 4.79 Å². The molecule has 18 heavy (non-hydrogen) atoms. The van der Waals surface area contributed by atoms with Crippen molar-refractivity contribution in [3.05, 3.63) is 46.5 Å². The summed E-state index contributed by atoms with van der Waals surface area (Å²) in [6.07, 6.45) is 0. The summed E-state index contributed by atoms with van der Waals surface area (Å²) in [4.78, 5) is 12.1. The van der Waals surface area contributed by atoms with Gasteiger partial charge in [0.2, 0.25) is 5.91 Å². The van der Waals surface area contributed by atoms with Gasteiger partial charge in [0.25, 0.3) is 0 Å². The molecule has 0 spiro atoms. The number of hydrogen-bond acceptors (Lipinski definition) is 1. The molecule has 1 unspecified atom stereocenters. The minimum Gasteiger partial charge on any atom is -0.351 e. The van der Waals surface area contributed by atoms with E-state index in [0.29, 0.717) is 10.1 Å². The van der Waals surface area contributed by atoms with E-state index < -0.39 is 0 Å². The molecule has 0 aliphatic carbocycles. The number of halogens is 2. The first-order valence-corrected chi connectivity index (χ1v) is 6.54. The fourth-order valence-corrected chi connectivity index (χ4v) is 1.99. The first-order chi connectivity index (χ1) is 8.41. The van der Waals surface area contributed by atoms with Crippen LogP contribution in [0.4, 0.5) is 0 Å². The highest BCUT2D eigenvalue weighted by Crippen LogP contribution is 2.26. The average molecular weight is 286 g/mol. The highest BCUT2D eigenvalue weighted by atomic mass is 35.5. The molecule has 1 N–H and O–H groups in total. The van der Waals surface area contributed by atoms with E-state index >= 15 is 0 Å². The average Bonchev–Trinajstić information content (AvgIpc) is 2.29. The molecule has 0 aliphatic rings. The molecule has 0 fully saturated rings. The number of amides is 1. The highest BCUT2D eigenvalue weighted by Gasteiger charge is 2.23. The third-order valence-electron chi connectivity index (χ3n) is 2.63. The van der Waals surface area contributed by atoms with Gasteiger partial charge in [-0.25, -0.2) is 0 Å². The van der Waals surface area contributed by atoms with Gasteiger partial charge in [0.05, 0.1) is 12.5 Å². The summed E-state index contributed by atoms with van der Waals surface area (Å²) < 4.78 is 0. The van der Waals surface area contributed by atoms with Crippen molar-refractivity contribution >= 4 is 29.1 Å². The van der Waals surface area contributed by atoms with Crippen LogP contribution in [0, 0.1) is 5.92 Å². The molecule has 2 nitrogen and oxygen atoms in total. The number of benzene rings is 1. The molecule has 4 heteroatoms. The number of rotatable bonds is 5. The second kappa shape index (κ2) is 6.81. The molecule has 1 aromatic rings. The van der Waals surface area contributed by atoms with Gasteiger partial charge in [-0.3, -0.25) is 4.79 Å². The Balaban J connectivity index is 2.85. The van der Waals surface area contributed by atoms with Crippen LogP contribution in [0.15, 0.2) is 35.9 Å². The highest BCUT2D eigenvalue weighted by molar-refractivity contribution is 6.30. The maximum Gasteiger partial charge on any atom is 0.228 e. The number of carbonyl (C=O) groups is 1. The van der Waals surface area contributed by atoms with Gasteiger partial charge in [-0.15, -0.1) is 0 Å². The molecule has 98 valence electrons. The molecule has 0 aliphatic heterocycles. The van der Waals surface area contributed by atoms with Gasteiger partial charge in [0.1, 0.15) is 0 Å². The zero-order valence-corrected chi connectivity index (χ0v) is 12.1. The molecule has 0 saturated heterocycles. The fourth-order valence-electron chi connectivity index (χ4n) is 1.80. The smallest absolute Gasteiger partial charge is 0.228 e. The minimum atomic E-state index is -0.210. The quantitative estimate of drug-likeness (QED) is 0.872. The number of carbonyl (C=O) groups excluding carboxylic acids is 1. The summed E-state index contributed by atoms with van der Waals surface area (Å²) in [5, 5.41) is 3.85. The summed E-state index contributed by atoms with van der Waals surface area (Å²) in [5.74, 6) is -0.0674. The second-order valence-corrected chi connectivity index (χ2v) is 5.48. The SMILES string of the molecule is C=C(Cl)CNC(=O)C(c1ccc(Cl)cc1)C(C)C. The summed E-state index contributed by atoms with van der Waals surface area (Å²) in [5.41, 5.74) is 0.951. The van der Waals surface area contributed by atoms with Crippen LogP contribution in [0.2, 0.25) is 5.02 Å². The first kappa shape index (κ1) is 15.1. The van der Waals surface area contributed by atoms with Gasteiger partial charge >= 0.3 is 0 Å². The van der Waals surface area contributed by atoms with Crippen molar-refractivity contribution in [2.24, 2.45) is 5.92 Å². The van der Waals surface area contributed by atoms with Crippen LogP contribution in [0.25, 0.3) is 0 Å². The standard InChI is InChI=1S/C14H17Cl2NO/c1-9(2)13(14(18)17-8-10(3)15)11-4-6-12(16)7-5-11/h4-7,9,13H,3,8H2,1-2H3,(H,17,18). The normalized spacial score (nSPS) is 12.3. The summed E-state index contributed by atoms with van der Waals surface area (Å²) in [7, 11) is 0. The Hall–Kier alpha value is -0.990. The molecule has 0 saturated carbocycles. The van der Waals surface area contributed by atoms with Gasteiger partial charge in [-0.1, -0.05) is 55.8 Å². The molecule has 1 atom stereocenters. The van der Waals surface area contributed by atoms with Gasteiger partial charge < -0.3 is 5.32 Å². The predicted octanol–water partition coefficient (Wildman–Crippen LogP) is 3.95. The van der Waals surface area contributed by atoms with Crippen molar-refractivity contribution in [1.82, 2.24) is 5.32 Å². The van der Waals surface area contributed by atoms with Crippen molar-refractivity contribution in [2.45, 2.75) is 19.8 Å². The van der Waals surface area contributed by atoms with E-state index in [-0.39, 0.29) is 24.3 Å². The Morgan fingerprint density at radius 1 is 1.33 bits per heavy atom. The van der Waals surface area contributed by atoms with Crippen LogP contribution < -0.4 is 5.32 Å². The molecule has 1 amide bonds. The zero-order valence-electron chi connectivity index (χ0n) is 10.5. The molecule has 0 aromatic heterocycles. The number of hydrogen-bond donors (Lipinski definition) is 1. The maximum atomic E-state index is 12.1. The minimum absolute atomic E-state index is 0.0471. The monoisotopic (exact) mass is 285 g/mol. The molecule has 0 bridgehead atoms. The summed E-state index contributed by atoms with van der Waals surface area (Å²) in [6.45, 7) is 7.85. The summed E-state index contributed by atoms with van der Waals surface area (Å²) in [6, 6.07) is 7.34. The Labute approximate surface area is 118 Å². The van der Waals surface area contributed by atoms with Crippen LogP contribution in [-0.2, 0) is 4.79 Å². The lowest BCUT2D eigenvalue weighted by atomic mass is 9.87. The lowest BCUT2D eigenvalue weighted by Gasteiger charge is -2.20. The molecule has 0 radical (unpaired) electrons. The first-order valence-electron chi connectivity index (χ1n) is 5.78. The third kappa shape index (κ3) is 4.35. The third-order valence-corrected chi connectivity index (χ3v) is 3.02. The van der Waals surface area contributed by atoms with E-state index in [0.717, 1.165) is 5.56 Å². The zero-order chi connectivity index (χ0) is 13.7. The van der Waals surface area contributed by atoms with E-state index in [1.54, 1.807) is 12.1 Å². The molecule has 0 heterocycles. The topological polar surface area (TPSA) is 29.1 Å². The van der Waals surface area contributed by atoms with Gasteiger partial charge in [0, 0.05) is 10.1 Å². The van der Waals surface area contributed by atoms with E-state index in [1.165, 1.54) is 0 Å². The van der Waals surface area contributed by atoms with E-state index in [1.807, 2.05) is 26.0 Å². The fraction of sp³-hybridized carbons (Fsp3) is 0.357. The molecule has 1 rings (SSSR count).